The van der Waals surface area contributed by atoms with Crippen LogP contribution in [0.2, 0.25) is 5.02 Å². The average Bonchev–Trinajstić information content (AvgIpc) is 2.43. The van der Waals surface area contributed by atoms with E-state index in [1.165, 1.54) is 0 Å². The zero-order chi connectivity index (χ0) is 14.5. The largest absolute Gasteiger partial charge is 0.491 e. The van der Waals surface area contributed by atoms with Crippen molar-refractivity contribution >= 4 is 11.6 Å². The summed E-state index contributed by atoms with van der Waals surface area (Å²) in [5.74, 6) is 0.754. The Morgan fingerprint density at radius 1 is 1.30 bits per heavy atom. The summed E-state index contributed by atoms with van der Waals surface area (Å²) in [6.45, 7) is 7.05. The Hall–Kier alpha value is -0.810. The molecule has 2 rings (SSSR count). The van der Waals surface area contributed by atoms with Gasteiger partial charge < -0.3 is 14.7 Å². The number of aliphatic hydroxyl groups excluding tert-OH is 1. The molecule has 1 aliphatic rings. The fraction of sp³-hybridized carbons (Fsp3) is 0.600. The summed E-state index contributed by atoms with van der Waals surface area (Å²) in [5, 5.41) is 10.8. The van der Waals surface area contributed by atoms with Gasteiger partial charge in [-0.1, -0.05) is 11.6 Å². The van der Waals surface area contributed by atoms with Crippen molar-refractivity contribution in [2.45, 2.75) is 13.0 Å². The molecule has 0 spiro atoms. The molecule has 1 aromatic carbocycles. The Bertz CT molecular complexity index is 434. The van der Waals surface area contributed by atoms with Crippen molar-refractivity contribution in [2.24, 2.45) is 0 Å². The number of hydrogen-bond donors (Lipinski definition) is 1. The van der Waals surface area contributed by atoms with Gasteiger partial charge in [-0.05, 0) is 37.7 Å². The second kappa shape index (κ2) is 7.27. The maximum absolute atomic E-state index is 10.0. The van der Waals surface area contributed by atoms with Crippen molar-refractivity contribution in [1.82, 2.24) is 9.80 Å². The van der Waals surface area contributed by atoms with E-state index >= 15 is 0 Å². The van der Waals surface area contributed by atoms with E-state index in [2.05, 4.69) is 16.8 Å². The van der Waals surface area contributed by atoms with Gasteiger partial charge in [0.25, 0.3) is 0 Å². The number of ether oxygens (including phenoxy) is 1. The molecule has 1 N–H and O–H groups in total. The maximum Gasteiger partial charge on any atom is 0.119 e. The van der Waals surface area contributed by atoms with Gasteiger partial charge in [0.05, 0.1) is 0 Å². The van der Waals surface area contributed by atoms with Gasteiger partial charge in [0.2, 0.25) is 0 Å². The van der Waals surface area contributed by atoms with Crippen LogP contribution >= 0.6 is 11.6 Å². The molecule has 1 atom stereocenters. The first kappa shape index (κ1) is 15.6. The molecular weight excluding hydrogens is 276 g/mol. The summed E-state index contributed by atoms with van der Waals surface area (Å²) in [6, 6.07) is 5.54. The molecule has 0 aliphatic carbocycles. The number of nitrogens with zero attached hydrogens (tertiary/aromatic N) is 2. The molecule has 0 bridgehead atoms. The van der Waals surface area contributed by atoms with Crippen molar-refractivity contribution in [3.8, 4) is 5.75 Å². The molecule has 0 saturated carbocycles. The quantitative estimate of drug-likeness (QED) is 0.896. The van der Waals surface area contributed by atoms with Crippen LogP contribution in [0.4, 0.5) is 0 Å². The van der Waals surface area contributed by atoms with Crippen molar-refractivity contribution in [1.29, 1.82) is 0 Å². The number of β-amino-alcohol motifs (C(OH)–C–C–N with tert-alkyl or cyclic N) is 1. The van der Waals surface area contributed by atoms with E-state index in [0.29, 0.717) is 13.2 Å². The van der Waals surface area contributed by atoms with Gasteiger partial charge in [0, 0.05) is 37.7 Å². The van der Waals surface area contributed by atoms with Crippen LogP contribution < -0.4 is 4.74 Å². The molecule has 5 heteroatoms. The normalized spacial score (nSPS) is 19.0. The summed E-state index contributed by atoms with van der Waals surface area (Å²) < 4.78 is 5.62. The minimum atomic E-state index is -0.464. The molecule has 112 valence electrons. The third-order valence-electron chi connectivity index (χ3n) is 3.64. The Balaban J connectivity index is 1.74. The minimum Gasteiger partial charge on any atom is -0.491 e. The number of likely N-dealkylation sites (N-methyl/N-ethyl adjacent to an activating group) is 1. The van der Waals surface area contributed by atoms with E-state index in [1.807, 2.05) is 25.1 Å². The molecule has 0 radical (unpaired) electrons. The topological polar surface area (TPSA) is 35.9 Å². The number of hydrogen-bond acceptors (Lipinski definition) is 4. The van der Waals surface area contributed by atoms with Crippen LogP contribution in [0.1, 0.15) is 5.56 Å². The minimum absolute atomic E-state index is 0.313. The lowest BCUT2D eigenvalue weighted by molar-refractivity contribution is 0.0504. The van der Waals surface area contributed by atoms with Crippen molar-refractivity contribution in [3.63, 3.8) is 0 Å². The van der Waals surface area contributed by atoms with Crippen LogP contribution in [0.25, 0.3) is 0 Å². The summed E-state index contributed by atoms with van der Waals surface area (Å²) in [6.07, 6.45) is -0.464. The van der Waals surface area contributed by atoms with Crippen molar-refractivity contribution in [2.75, 3.05) is 46.4 Å². The highest BCUT2D eigenvalue weighted by Crippen LogP contribution is 2.21. The van der Waals surface area contributed by atoms with Crippen LogP contribution in [-0.2, 0) is 0 Å². The first-order valence-electron chi connectivity index (χ1n) is 7.02. The number of benzene rings is 1. The fourth-order valence-electron chi connectivity index (χ4n) is 2.28. The number of aryl methyl sites for hydroxylation is 1. The highest BCUT2D eigenvalue weighted by atomic mass is 35.5. The lowest BCUT2D eigenvalue weighted by atomic mass is 10.2. The molecule has 1 fully saturated rings. The second-order valence-corrected chi connectivity index (χ2v) is 5.89. The summed E-state index contributed by atoms with van der Waals surface area (Å²) in [5.41, 5.74) is 0.984. The predicted octanol–water partition coefficient (Wildman–Crippen LogP) is 1.64. The van der Waals surface area contributed by atoms with Gasteiger partial charge in [-0.15, -0.1) is 0 Å². The summed E-state index contributed by atoms with van der Waals surface area (Å²) in [4.78, 5) is 4.58. The molecule has 0 aromatic heterocycles. The van der Waals surface area contributed by atoms with Gasteiger partial charge in [-0.3, -0.25) is 4.90 Å². The van der Waals surface area contributed by atoms with Crippen LogP contribution in [0.5, 0.6) is 5.75 Å². The lowest BCUT2D eigenvalue weighted by Crippen LogP contribution is -2.47. The third kappa shape index (κ3) is 4.63. The summed E-state index contributed by atoms with van der Waals surface area (Å²) >= 11 is 5.97. The zero-order valence-electron chi connectivity index (χ0n) is 12.2. The van der Waals surface area contributed by atoms with Crippen LogP contribution in [0, 0.1) is 6.92 Å². The molecule has 1 heterocycles. The molecule has 1 aliphatic heterocycles. The predicted molar refractivity (Wildman–Crippen MR) is 81.6 cm³/mol. The van der Waals surface area contributed by atoms with Crippen molar-refractivity contribution in [3.05, 3.63) is 28.8 Å². The Kier molecular flexibility index (Phi) is 5.66. The Labute approximate surface area is 125 Å². The SMILES string of the molecule is Cc1cc(OC[C@H](O)CN2CCN(C)CC2)ccc1Cl. The molecular formula is C15H23ClN2O2. The first-order chi connectivity index (χ1) is 9.54. The molecule has 0 amide bonds. The zero-order valence-corrected chi connectivity index (χ0v) is 12.9. The first-order valence-corrected chi connectivity index (χ1v) is 7.40. The number of rotatable bonds is 5. The third-order valence-corrected chi connectivity index (χ3v) is 4.06. The van der Waals surface area contributed by atoms with Gasteiger partial charge in [-0.25, -0.2) is 0 Å². The van der Waals surface area contributed by atoms with Crippen molar-refractivity contribution < 1.29 is 9.84 Å². The highest BCUT2D eigenvalue weighted by Gasteiger charge is 2.17. The smallest absolute Gasteiger partial charge is 0.119 e. The van der Waals surface area contributed by atoms with Gasteiger partial charge in [0.15, 0.2) is 0 Å². The van der Waals surface area contributed by atoms with E-state index in [0.717, 1.165) is 42.5 Å². The Morgan fingerprint density at radius 2 is 2.00 bits per heavy atom. The van der Waals surface area contributed by atoms with E-state index in [1.54, 1.807) is 0 Å². The van der Waals surface area contributed by atoms with Gasteiger partial charge in [-0.2, -0.15) is 0 Å². The summed E-state index contributed by atoms with van der Waals surface area (Å²) in [7, 11) is 2.12. The van der Waals surface area contributed by atoms with Crippen LogP contribution in [0.15, 0.2) is 18.2 Å². The van der Waals surface area contributed by atoms with Gasteiger partial charge >= 0.3 is 0 Å². The van der Waals surface area contributed by atoms with E-state index < -0.39 is 6.10 Å². The van der Waals surface area contributed by atoms with E-state index in [-0.39, 0.29) is 0 Å². The fourth-order valence-corrected chi connectivity index (χ4v) is 2.40. The van der Waals surface area contributed by atoms with Crippen LogP contribution in [-0.4, -0.2) is 67.4 Å². The molecule has 1 saturated heterocycles. The monoisotopic (exact) mass is 298 g/mol. The number of piperazine rings is 1. The standard InChI is InChI=1S/C15H23ClN2O2/c1-12-9-14(3-4-15(12)16)20-11-13(19)10-18-7-5-17(2)6-8-18/h3-4,9,13,19H,5-8,10-11H2,1-2H3/t13-/m1/s1. The second-order valence-electron chi connectivity index (χ2n) is 5.48. The molecule has 4 nitrogen and oxygen atoms in total. The van der Waals surface area contributed by atoms with E-state index in [9.17, 15) is 5.11 Å². The molecule has 20 heavy (non-hydrogen) atoms. The molecule has 1 aromatic rings. The van der Waals surface area contributed by atoms with E-state index in [4.69, 9.17) is 16.3 Å². The number of halogens is 1. The average molecular weight is 299 g/mol. The van der Waals surface area contributed by atoms with Gasteiger partial charge in [0.1, 0.15) is 18.5 Å². The molecule has 0 unspecified atom stereocenters. The number of aliphatic hydroxyl groups is 1. The Morgan fingerprint density at radius 3 is 2.65 bits per heavy atom. The lowest BCUT2D eigenvalue weighted by Gasteiger charge is -2.33. The van der Waals surface area contributed by atoms with Crippen LogP contribution in [0.3, 0.4) is 0 Å². The highest BCUT2D eigenvalue weighted by molar-refractivity contribution is 6.31. The maximum atomic E-state index is 10.0.